The Morgan fingerprint density at radius 1 is 1.44 bits per heavy atom. The SMILES string of the molecule is CCNCc1ccnc(OCCN(C)C)c1. The van der Waals surface area contributed by atoms with Gasteiger partial charge in [0.2, 0.25) is 5.88 Å². The van der Waals surface area contributed by atoms with Gasteiger partial charge in [0.05, 0.1) is 0 Å². The Hall–Kier alpha value is -1.13. The molecular weight excluding hydrogens is 202 g/mol. The lowest BCUT2D eigenvalue weighted by molar-refractivity contribution is 0.253. The zero-order valence-corrected chi connectivity index (χ0v) is 10.4. The number of hydrogen-bond donors (Lipinski definition) is 1. The van der Waals surface area contributed by atoms with Gasteiger partial charge in [-0.05, 0) is 32.3 Å². The molecule has 0 spiro atoms. The van der Waals surface area contributed by atoms with Crippen molar-refractivity contribution in [1.29, 1.82) is 0 Å². The lowest BCUT2D eigenvalue weighted by Gasteiger charge is -2.11. The minimum Gasteiger partial charge on any atom is -0.476 e. The van der Waals surface area contributed by atoms with Gasteiger partial charge in [-0.1, -0.05) is 6.92 Å². The summed E-state index contributed by atoms with van der Waals surface area (Å²) >= 11 is 0. The molecule has 0 saturated heterocycles. The number of nitrogens with zero attached hydrogens (tertiary/aromatic N) is 2. The smallest absolute Gasteiger partial charge is 0.213 e. The average molecular weight is 223 g/mol. The van der Waals surface area contributed by atoms with E-state index >= 15 is 0 Å². The summed E-state index contributed by atoms with van der Waals surface area (Å²) in [5.41, 5.74) is 1.21. The quantitative estimate of drug-likeness (QED) is 0.752. The molecule has 16 heavy (non-hydrogen) atoms. The third-order valence-electron chi connectivity index (χ3n) is 2.17. The minimum atomic E-state index is 0.671. The molecule has 1 rings (SSSR count). The van der Waals surface area contributed by atoms with E-state index in [0.717, 1.165) is 19.6 Å². The van der Waals surface area contributed by atoms with Gasteiger partial charge in [-0.15, -0.1) is 0 Å². The Kier molecular flexibility index (Phi) is 5.82. The van der Waals surface area contributed by atoms with E-state index in [4.69, 9.17) is 4.74 Å². The maximum Gasteiger partial charge on any atom is 0.213 e. The van der Waals surface area contributed by atoms with Crippen molar-refractivity contribution >= 4 is 0 Å². The fourth-order valence-corrected chi connectivity index (χ4v) is 1.24. The fraction of sp³-hybridized carbons (Fsp3) is 0.583. The van der Waals surface area contributed by atoms with E-state index in [1.807, 2.05) is 26.2 Å². The van der Waals surface area contributed by atoms with Crippen LogP contribution >= 0.6 is 0 Å². The number of aromatic nitrogens is 1. The number of pyridine rings is 1. The van der Waals surface area contributed by atoms with Crippen molar-refractivity contribution in [3.63, 3.8) is 0 Å². The van der Waals surface area contributed by atoms with Crippen molar-refractivity contribution in [2.45, 2.75) is 13.5 Å². The molecule has 1 N–H and O–H groups in total. The normalized spacial score (nSPS) is 10.8. The summed E-state index contributed by atoms with van der Waals surface area (Å²) in [6, 6.07) is 3.99. The molecule has 0 bridgehead atoms. The van der Waals surface area contributed by atoms with Crippen LogP contribution in [0.3, 0.4) is 0 Å². The molecular formula is C12H21N3O. The van der Waals surface area contributed by atoms with Crippen LogP contribution < -0.4 is 10.1 Å². The van der Waals surface area contributed by atoms with Gasteiger partial charge >= 0.3 is 0 Å². The molecule has 0 aliphatic rings. The Balaban J connectivity index is 2.40. The summed E-state index contributed by atoms with van der Waals surface area (Å²) in [4.78, 5) is 6.26. The molecule has 90 valence electrons. The van der Waals surface area contributed by atoms with Gasteiger partial charge in [-0.2, -0.15) is 0 Å². The first-order chi connectivity index (χ1) is 7.72. The Bertz CT molecular complexity index is 302. The molecule has 0 amide bonds. The molecule has 1 aromatic rings. The number of hydrogen-bond acceptors (Lipinski definition) is 4. The molecule has 1 heterocycles. The zero-order valence-electron chi connectivity index (χ0n) is 10.4. The van der Waals surface area contributed by atoms with Gasteiger partial charge in [-0.25, -0.2) is 4.98 Å². The molecule has 1 aromatic heterocycles. The van der Waals surface area contributed by atoms with Crippen LogP contribution in [0.4, 0.5) is 0 Å². The average Bonchev–Trinajstić information content (AvgIpc) is 2.26. The summed E-state index contributed by atoms with van der Waals surface area (Å²) < 4.78 is 5.56. The van der Waals surface area contributed by atoms with E-state index < -0.39 is 0 Å². The minimum absolute atomic E-state index is 0.671. The van der Waals surface area contributed by atoms with Crippen LogP contribution in [0, 0.1) is 0 Å². The number of ether oxygens (including phenoxy) is 1. The van der Waals surface area contributed by atoms with E-state index in [-0.39, 0.29) is 0 Å². The Labute approximate surface area is 97.6 Å². The first-order valence-electron chi connectivity index (χ1n) is 5.65. The lowest BCUT2D eigenvalue weighted by Crippen LogP contribution is -2.19. The largest absolute Gasteiger partial charge is 0.476 e. The van der Waals surface area contributed by atoms with Gasteiger partial charge in [0.25, 0.3) is 0 Å². The molecule has 0 aromatic carbocycles. The van der Waals surface area contributed by atoms with Crippen molar-refractivity contribution in [1.82, 2.24) is 15.2 Å². The van der Waals surface area contributed by atoms with Crippen LogP contribution in [0.5, 0.6) is 5.88 Å². The maximum atomic E-state index is 5.56. The lowest BCUT2D eigenvalue weighted by atomic mass is 10.2. The fourth-order valence-electron chi connectivity index (χ4n) is 1.24. The predicted molar refractivity (Wildman–Crippen MR) is 65.7 cm³/mol. The van der Waals surface area contributed by atoms with E-state index in [1.54, 1.807) is 6.20 Å². The molecule has 0 atom stereocenters. The third-order valence-corrected chi connectivity index (χ3v) is 2.17. The highest BCUT2D eigenvalue weighted by Crippen LogP contribution is 2.08. The monoisotopic (exact) mass is 223 g/mol. The molecule has 0 saturated carbocycles. The van der Waals surface area contributed by atoms with Crippen molar-refractivity contribution < 1.29 is 4.74 Å². The van der Waals surface area contributed by atoms with E-state index in [9.17, 15) is 0 Å². The predicted octanol–water partition coefficient (Wildman–Crippen LogP) is 1.13. The number of rotatable bonds is 7. The molecule has 0 radical (unpaired) electrons. The van der Waals surface area contributed by atoms with Crippen LogP contribution in [0.25, 0.3) is 0 Å². The summed E-state index contributed by atoms with van der Waals surface area (Å²) in [5, 5.41) is 3.27. The van der Waals surface area contributed by atoms with Crippen LogP contribution in [-0.4, -0.2) is 43.7 Å². The van der Waals surface area contributed by atoms with Gasteiger partial charge in [0, 0.05) is 25.4 Å². The highest BCUT2D eigenvalue weighted by atomic mass is 16.5. The molecule has 0 aliphatic heterocycles. The van der Waals surface area contributed by atoms with E-state index in [1.165, 1.54) is 5.56 Å². The van der Waals surface area contributed by atoms with Gasteiger partial charge < -0.3 is 15.0 Å². The van der Waals surface area contributed by atoms with Crippen LogP contribution in [0.15, 0.2) is 18.3 Å². The standard InChI is InChI=1S/C12H21N3O/c1-4-13-10-11-5-6-14-12(9-11)16-8-7-15(2)3/h5-6,9,13H,4,7-8,10H2,1-3H3. The second kappa shape index (κ2) is 7.19. The van der Waals surface area contributed by atoms with Crippen molar-refractivity contribution in [2.24, 2.45) is 0 Å². The van der Waals surface area contributed by atoms with Crippen LogP contribution in [0.2, 0.25) is 0 Å². The zero-order chi connectivity index (χ0) is 11.8. The number of likely N-dealkylation sites (N-methyl/N-ethyl adjacent to an activating group) is 1. The summed E-state index contributed by atoms with van der Waals surface area (Å²) in [6.45, 7) is 5.50. The van der Waals surface area contributed by atoms with Crippen molar-refractivity contribution in [2.75, 3.05) is 33.8 Å². The third kappa shape index (κ3) is 5.09. The van der Waals surface area contributed by atoms with E-state index in [2.05, 4.69) is 22.1 Å². The Morgan fingerprint density at radius 2 is 2.25 bits per heavy atom. The van der Waals surface area contributed by atoms with E-state index in [0.29, 0.717) is 12.5 Å². The van der Waals surface area contributed by atoms with Crippen molar-refractivity contribution in [3.8, 4) is 5.88 Å². The van der Waals surface area contributed by atoms with Crippen LogP contribution in [0.1, 0.15) is 12.5 Å². The van der Waals surface area contributed by atoms with Gasteiger partial charge in [-0.3, -0.25) is 0 Å². The maximum absolute atomic E-state index is 5.56. The van der Waals surface area contributed by atoms with Crippen molar-refractivity contribution in [3.05, 3.63) is 23.9 Å². The summed E-state index contributed by atoms with van der Waals surface area (Å²) in [5.74, 6) is 0.706. The highest BCUT2D eigenvalue weighted by molar-refractivity contribution is 5.20. The number of nitrogens with one attached hydrogen (secondary N) is 1. The first kappa shape index (κ1) is 12.9. The summed E-state index contributed by atoms with van der Waals surface area (Å²) in [6.07, 6.45) is 1.79. The highest BCUT2D eigenvalue weighted by Gasteiger charge is 1.98. The second-order valence-electron chi connectivity index (χ2n) is 3.93. The molecule has 4 heteroatoms. The van der Waals surface area contributed by atoms with Gasteiger partial charge in [0.15, 0.2) is 0 Å². The molecule has 0 aliphatic carbocycles. The van der Waals surface area contributed by atoms with Crippen LogP contribution in [-0.2, 0) is 6.54 Å². The van der Waals surface area contributed by atoms with Gasteiger partial charge in [0.1, 0.15) is 6.61 Å². The summed E-state index contributed by atoms with van der Waals surface area (Å²) in [7, 11) is 4.05. The Morgan fingerprint density at radius 3 is 2.94 bits per heavy atom. The molecule has 4 nitrogen and oxygen atoms in total. The molecule has 0 fully saturated rings. The first-order valence-corrected chi connectivity index (χ1v) is 5.65. The molecule has 0 unspecified atom stereocenters. The second-order valence-corrected chi connectivity index (χ2v) is 3.93. The topological polar surface area (TPSA) is 37.4 Å².